The van der Waals surface area contributed by atoms with E-state index in [4.69, 9.17) is 5.73 Å². The van der Waals surface area contributed by atoms with Crippen LogP contribution in [0.4, 0.5) is 13.2 Å². The Labute approximate surface area is 116 Å². The molecule has 1 nitrogen and oxygen atoms in total. The Morgan fingerprint density at radius 1 is 1.00 bits per heavy atom. The van der Waals surface area contributed by atoms with Gasteiger partial charge in [-0.1, -0.05) is 12.1 Å². The molecule has 2 aromatic carbocycles. The number of nitrogens with two attached hydrogens (primary N) is 1. The molecule has 0 heterocycles. The lowest BCUT2D eigenvalue weighted by Gasteiger charge is -2.14. The van der Waals surface area contributed by atoms with Gasteiger partial charge in [-0.2, -0.15) is 0 Å². The molecule has 0 fully saturated rings. The molecule has 4 heteroatoms. The lowest BCUT2D eigenvalue weighted by Crippen LogP contribution is -2.27. The first-order chi connectivity index (χ1) is 9.47. The van der Waals surface area contributed by atoms with Crippen molar-refractivity contribution in [2.24, 2.45) is 5.73 Å². The molecular weight excluding hydrogens is 263 g/mol. The summed E-state index contributed by atoms with van der Waals surface area (Å²) in [6.45, 7) is 1.85. The molecule has 0 aliphatic carbocycles. The molecule has 0 spiro atoms. The fraction of sp³-hybridized carbons (Fsp3) is 0.250. The first-order valence-electron chi connectivity index (χ1n) is 6.41. The third kappa shape index (κ3) is 3.39. The number of hydrogen-bond donors (Lipinski definition) is 1. The molecule has 0 radical (unpaired) electrons. The predicted octanol–water partition coefficient (Wildman–Crippen LogP) is 3.52. The zero-order valence-electron chi connectivity index (χ0n) is 11.2. The molecule has 0 aliphatic rings. The quantitative estimate of drug-likeness (QED) is 0.910. The Morgan fingerprint density at radius 2 is 1.65 bits per heavy atom. The Bertz CT molecular complexity index is 590. The minimum atomic E-state index is -0.601. The summed E-state index contributed by atoms with van der Waals surface area (Å²) in [6, 6.07) is 7.71. The molecule has 0 aromatic heterocycles. The van der Waals surface area contributed by atoms with Crippen LogP contribution in [-0.2, 0) is 12.8 Å². The fourth-order valence-electron chi connectivity index (χ4n) is 2.20. The van der Waals surface area contributed by atoms with Crippen molar-refractivity contribution in [2.75, 3.05) is 0 Å². The van der Waals surface area contributed by atoms with E-state index >= 15 is 0 Å². The van der Waals surface area contributed by atoms with Crippen LogP contribution in [0.2, 0.25) is 0 Å². The summed E-state index contributed by atoms with van der Waals surface area (Å²) in [5, 5.41) is 0. The predicted molar refractivity (Wildman–Crippen MR) is 72.9 cm³/mol. The molecular formula is C16H16F3N. The number of halogens is 3. The molecule has 1 unspecified atom stereocenters. The van der Waals surface area contributed by atoms with Gasteiger partial charge in [-0.3, -0.25) is 0 Å². The van der Waals surface area contributed by atoms with Crippen LogP contribution in [0.3, 0.4) is 0 Å². The third-order valence-electron chi connectivity index (χ3n) is 3.32. The normalized spacial score (nSPS) is 12.4. The van der Waals surface area contributed by atoms with Crippen molar-refractivity contribution in [1.29, 1.82) is 0 Å². The fourth-order valence-corrected chi connectivity index (χ4v) is 2.20. The maximum absolute atomic E-state index is 13.5. The summed E-state index contributed by atoms with van der Waals surface area (Å²) >= 11 is 0. The van der Waals surface area contributed by atoms with Gasteiger partial charge in [-0.05, 0) is 55.2 Å². The highest BCUT2D eigenvalue weighted by molar-refractivity contribution is 5.28. The smallest absolute Gasteiger partial charge is 0.129 e. The summed E-state index contributed by atoms with van der Waals surface area (Å²) < 4.78 is 40.3. The van der Waals surface area contributed by atoms with E-state index in [2.05, 4.69) is 0 Å². The van der Waals surface area contributed by atoms with E-state index in [9.17, 15) is 13.2 Å². The topological polar surface area (TPSA) is 26.0 Å². The Hall–Kier alpha value is -1.81. The average molecular weight is 279 g/mol. The zero-order chi connectivity index (χ0) is 14.7. The summed E-state index contributed by atoms with van der Waals surface area (Å²) in [5.74, 6) is -1.54. The van der Waals surface area contributed by atoms with Gasteiger partial charge in [0.05, 0.1) is 0 Å². The lowest BCUT2D eigenvalue weighted by atomic mass is 9.96. The molecule has 1 atom stereocenters. The summed E-state index contributed by atoms with van der Waals surface area (Å²) in [7, 11) is 0. The van der Waals surface area contributed by atoms with Gasteiger partial charge >= 0.3 is 0 Å². The van der Waals surface area contributed by atoms with Crippen LogP contribution in [0.5, 0.6) is 0 Å². The van der Waals surface area contributed by atoms with Gasteiger partial charge in [0.1, 0.15) is 17.5 Å². The van der Waals surface area contributed by atoms with Gasteiger partial charge < -0.3 is 5.73 Å². The van der Waals surface area contributed by atoms with E-state index < -0.39 is 17.7 Å². The van der Waals surface area contributed by atoms with Crippen LogP contribution in [-0.4, -0.2) is 6.04 Å². The minimum absolute atomic E-state index is 0.0194. The van der Waals surface area contributed by atoms with Crippen molar-refractivity contribution >= 4 is 0 Å². The number of aryl methyl sites for hydroxylation is 1. The van der Waals surface area contributed by atoms with Crippen LogP contribution in [0.1, 0.15) is 16.7 Å². The van der Waals surface area contributed by atoms with E-state index in [1.807, 2.05) is 6.92 Å². The largest absolute Gasteiger partial charge is 0.327 e. The first-order valence-corrected chi connectivity index (χ1v) is 6.41. The van der Waals surface area contributed by atoms with Crippen molar-refractivity contribution in [3.63, 3.8) is 0 Å². The second kappa shape index (κ2) is 6.09. The van der Waals surface area contributed by atoms with Gasteiger partial charge in [0.2, 0.25) is 0 Å². The minimum Gasteiger partial charge on any atom is -0.327 e. The summed E-state index contributed by atoms with van der Waals surface area (Å²) in [4.78, 5) is 0. The maximum Gasteiger partial charge on any atom is 0.129 e. The highest BCUT2D eigenvalue weighted by Gasteiger charge is 2.14. The van der Waals surface area contributed by atoms with Gasteiger partial charge in [-0.15, -0.1) is 0 Å². The van der Waals surface area contributed by atoms with Crippen molar-refractivity contribution in [3.05, 3.63) is 70.5 Å². The van der Waals surface area contributed by atoms with Crippen LogP contribution in [0, 0.1) is 24.4 Å². The number of benzene rings is 2. The maximum atomic E-state index is 13.5. The first kappa shape index (κ1) is 14.6. The molecule has 0 saturated heterocycles. The number of rotatable bonds is 4. The molecule has 2 N–H and O–H groups in total. The standard InChI is InChI=1S/C16H16F3N/c1-10-5-6-12(17)7-11(10)8-13(20)9-14-15(18)3-2-4-16(14)19/h2-7,13H,8-9,20H2,1H3. The van der Waals surface area contributed by atoms with Crippen LogP contribution in [0.25, 0.3) is 0 Å². The van der Waals surface area contributed by atoms with Crippen LogP contribution < -0.4 is 5.73 Å². The van der Waals surface area contributed by atoms with Gasteiger partial charge in [0.15, 0.2) is 0 Å². The average Bonchev–Trinajstić information content (AvgIpc) is 2.38. The van der Waals surface area contributed by atoms with E-state index in [0.717, 1.165) is 11.1 Å². The van der Waals surface area contributed by atoms with Gasteiger partial charge in [-0.25, -0.2) is 13.2 Å². The highest BCUT2D eigenvalue weighted by atomic mass is 19.1. The van der Waals surface area contributed by atoms with Crippen molar-refractivity contribution in [2.45, 2.75) is 25.8 Å². The highest BCUT2D eigenvalue weighted by Crippen LogP contribution is 2.17. The second-order valence-corrected chi connectivity index (χ2v) is 4.94. The third-order valence-corrected chi connectivity index (χ3v) is 3.32. The summed E-state index contributed by atoms with van der Waals surface area (Å²) in [5.41, 5.74) is 7.59. The second-order valence-electron chi connectivity index (χ2n) is 4.94. The zero-order valence-corrected chi connectivity index (χ0v) is 11.2. The van der Waals surface area contributed by atoms with Crippen molar-refractivity contribution in [3.8, 4) is 0 Å². The Kier molecular flexibility index (Phi) is 4.45. The van der Waals surface area contributed by atoms with E-state index in [1.54, 1.807) is 6.07 Å². The SMILES string of the molecule is Cc1ccc(F)cc1CC(N)Cc1c(F)cccc1F. The van der Waals surface area contributed by atoms with Gasteiger partial charge in [0, 0.05) is 11.6 Å². The van der Waals surface area contributed by atoms with Crippen molar-refractivity contribution < 1.29 is 13.2 Å². The molecule has 2 aromatic rings. The number of hydrogen-bond acceptors (Lipinski definition) is 1. The van der Waals surface area contributed by atoms with Crippen LogP contribution in [0.15, 0.2) is 36.4 Å². The molecule has 0 aliphatic heterocycles. The molecule has 2 rings (SSSR count). The van der Waals surface area contributed by atoms with Crippen molar-refractivity contribution in [1.82, 2.24) is 0 Å². The van der Waals surface area contributed by atoms with E-state index in [1.165, 1.54) is 30.3 Å². The Morgan fingerprint density at radius 3 is 2.30 bits per heavy atom. The van der Waals surface area contributed by atoms with E-state index in [0.29, 0.717) is 6.42 Å². The van der Waals surface area contributed by atoms with E-state index in [-0.39, 0.29) is 17.8 Å². The Balaban J connectivity index is 2.13. The summed E-state index contributed by atoms with van der Waals surface area (Å²) in [6.07, 6.45) is 0.450. The monoisotopic (exact) mass is 279 g/mol. The van der Waals surface area contributed by atoms with Gasteiger partial charge in [0.25, 0.3) is 0 Å². The molecule has 0 bridgehead atoms. The molecule has 0 saturated carbocycles. The van der Waals surface area contributed by atoms with Crippen LogP contribution >= 0.6 is 0 Å². The molecule has 106 valence electrons. The molecule has 0 amide bonds. The molecule has 20 heavy (non-hydrogen) atoms. The lowest BCUT2D eigenvalue weighted by molar-refractivity contribution is 0.532.